The number of carbonyl (C=O) groups excluding carboxylic acids is 1. The van der Waals surface area contributed by atoms with Crippen LogP contribution in [-0.2, 0) is 19.1 Å². The fraction of sp³-hybridized carbons (Fsp3) is 0.120. The Morgan fingerprint density at radius 3 is 2.12 bits per heavy atom. The van der Waals surface area contributed by atoms with E-state index in [2.05, 4.69) is 10.4 Å². The SMILES string of the molecule is O=C(Nc1cc(Oc2cccc(C(F)(F)F)c2)cc([N+](=O)[O-])c1)c1ccn(COc2cccc(C(F)(F)F)c2)n1. The number of nitrogens with one attached hydrogen (secondary N) is 1. The van der Waals surface area contributed by atoms with Gasteiger partial charge in [0.2, 0.25) is 0 Å². The normalized spacial score (nSPS) is 11.7. The van der Waals surface area contributed by atoms with Crippen LogP contribution in [0.1, 0.15) is 21.6 Å². The van der Waals surface area contributed by atoms with Crippen molar-refractivity contribution in [3.8, 4) is 17.2 Å². The second-order valence-electron chi connectivity index (χ2n) is 8.09. The number of halogens is 6. The first-order valence-electron chi connectivity index (χ1n) is 11.1. The van der Waals surface area contributed by atoms with Gasteiger partial charge in [-0.25, -0.2) is 4.68 Å². The first-order valence-corrected chi connectivity index (χ1v) is 11.1. The molecule has 0 spiro atoms. The molecule has 0 saturated carbocycles. The van der Waals surface area contributed by atoms with Crippen molar-refractivity contribution in [2.24, 2.45) is 0 Å². The summed E-state index contributed by atoms with van der Waals surface area (Å²) in [6.07, 6.45) is -7.87. The van der Waals surface area contributed by atoms with E-state index >= 15 is 0 Å². The molecule has 15 heteroatoms. The Labute approximate surface area is 220 Å². The van der Waals surface area contributed by atoms with Crippen molar-refractivity contribution in [2.75, 3.05) is 5.32 Å². The summed E-state index contributed by atoms with van der Waals surface area (Å²) in [4.78, 5) is 23.3. The van der Waals surface area contributed by atoms with Crippen molar-refractivity contribution in [2.45, 2.75) is 19.1 Å². The molecule has 4 aromatic rings. The van der Waals surface area contributed by atoms with Crippen LogP contribution in [0.15, 0.2) is 79.0 Å². The summed E-state index contributed by atoms with van der Waals surface area (Å²) < 4.78 is 89.4. The highest BCUT2D eigenvalue weighted by molar-refractivity contribution is 6.03. The molecule has 0 unspecified atom stereocenters. The summed E-state index contributed by atoms with van der Waals surface area (Å²) in [6, 6.07) is 12.4. The zero-order valence-corrected chi connectivity index (χ0v) is 19.9. The van der Waals surface area contributed by atoms with Gasteiger partial charge in [-0.2, -0.15) is 31.4 Å². The van der Waals surface area contributed by atoms with E-state index in [-0.39, 0.29) is 35.4 Å². The van der Waals surface area contributed by atoms with Crippen LogP contribution in [-0.4, -0.2) is 20.6 Å². The molecule has 3 aromatic carbocycles. The molecule has 208 valence electrons. The average molecular weight is 566 g/mol. The Morgan fingerprint density at radius 2 is 1.50 bits per heavy atom. The molecular formula is C25H16F6N4O5. The van der Waals surface area contributed by atoms with E-state index in [0.29, 0.717) is 6.07 Å². The summed E-state index contributed by atoms with van der Waals surface area (Å²) >= 11 is 0. The van der Waals surface area contributed by atoms with Gasteiger partial charge >= 0.3 is 12.4 Å². The summed E-state index contributed by atoms with van der Waals surface area (Å²) in [5, 5.41) is 17.7. The molecule has 0 fully saturated rings. The summed E-state index contributed by atoms with van der Waals surface area (Å²) in [5.41, 5.74) is -2.69. The number of nitrogens with zero attached hydrogens (tertiary/aromatic N) is 3. The molecule has 0 aliphatic carbocycles. The standard InChI is InChI=1S/C25H16F6N4O5/c26-24(27,28)15-3-1-5-19(9-15)39-14-34-8-7-22(33-34)23(36)32-17-11-18(35(37)38)13-21(12-17)40-20-6-2-4-16(10-20)25(29,30)31/h1-13H,14H2,(H,32,36). The molecule has 1 amide bonds. The maximum atomic E-state index is 13.0. The quantitative estimate of drug-likeness (QED) is 0.141. The summed E-state index contributed by atoms with van der Waals surface area (Å²) in [6.45, 7) is -0.333. The van der Waals surface area contributed by atoms with Gasteiger partial charge in [-0.15, -0.1) is 0 Å². The number of nitro benzene ring substituents is 1. The van der Waals surface area contributed by atoms with Crippen LogP contribution in [0.4, 0.5) is 37.7 Å². The molecule has 0 bridgehead atoms. The van der Waals surface area contributed by atoms with Crippen molar-refractivity contribution in [1.82, 2.24) is 9.78 Å². The molecule has 4 rings (SSSR count). The highest BCUT2D eigenvalue weighted by Crippen LogP contribution is 2.35. The molecule has 0 atom stereocenters. The van der Waals surface area contributed by atoms with Crippen LogP contribution in [0.25, 0.3) is 0 Å². The minimum absolute atomic E-state index is 0.0822. The first kappa shape index (κ1) is 27.9. The van der Waals surface area contributed by atoms with E-state index in [1.165, 1.54) is 36.5 Å². The van der Waals surface area contributed by atoms with Crippen LogP contribution in [0, 0.1) is 10.1 Å². The smallest absolute Gasteiger partial charge is 0.416 e. The lowest BCUT2D eigenvalue weighted by atomic mass is 10.2. The van der Waals surface area contributed by atoms with E-state index in [1.807, 2.05) is 0 Å². The van der Waals surface area contributed by atoms with Gasteiger partial charge in [-0.1, -0.05) is 12.1 Å². The van der Waals surface area contributed by atoms with E-state index in [9.17, 15) is 41.3 Å². The number of non-ortho nitro benzene ring substituents is 1. The number of anilines is 1. The van der Waals surface area contributed by atoms with Gasteiger partial charge in [0.1, 0.15) is 17.2 Å². The predicted molar refractivity (Wildman–Crippen MR) is 127 cm³/mol. The second-order valence-corrected chi connectivity index (χ2v) is 8.09. The van der Waals surface area contributed by atoms with Crippen LogP contribution in [0.5, 0.6) is 17.2 Å². The summed E-state index contributed by atoms with van der Waals surface area (Å²) in [7, 11) is 0. The molecular weight excluding hydrogens is 550 g/mol. The van der Waals surface area contributed by atoms with Crippen LogP contribution < -0.4 is 14.8 Å². The fourth-order valence-corrected chi connectivity index (χ4v) is 3.34. The second kappa shape index (κ2) is 11.0. The summed E-state index contributed by atoms with van der Waals surface area (Å²) in [5.74, 6) is -1.36. The van der Waals surface area contributed by atoms with Gasteiger partial charge in [0, 0.05) is 18.3 Å². The molecule has 0 aliphatic heterocycles. The van der Waals surface area contributed by atoms with E-state index < -0.39 is 40.0 Å². The number of carbonyl (C=O) groups is 1. The molecule has 0 radical (unpaired) electrons. The number of aromatic nitrogens is 2. The lowest BCUT2D eigenvalue weighted by Gasteiger charge is -2.11. The number of hydrogen-bond acceptors (Lipinski definition) is 6. The predicted octanol–water partition coefficient (Wildman–Crippen LogP) is 6.91. The average Bonchev–Trinajstić information content (AvgIpc) is 3.36. The molecule has 40 heavy (non-hydrogen) atoms. The topological polar surface area (TPSA) is 109 Å². The Bertz CT molecular complexity index is 1550. The van der Waals surface area contributed by atoms with Gasteiger partial charge in [-0.05, 0) is 42.5 Å². The zero-order chi connectivity index (χ0) is 29.1. The monoisotopic (exact) mass is 566 g/mol. The van der Waals surface area contributed by atoms with Gasteiger partial charge < -0.3 is 14.8 Å². The van der Waals surface area contributed by atoms with Crippen molar-refractivity contribution in [3.05, 3.63) is 106 Å². The number of rotatable bonds is 8. The van der Waals surface area contributed by atoms with E-state index in [1.54, 1.807) is 0 Å². The van der Waals surface area contributed by atoms with Crippen molar-refractivity contribution < 1.29 is 45.5 Å². The highest BCUT2D eigenvalue weighted by Gasteiger charge is 2.31. The molecule has 0 saturated heterocycles. The molecule has 1 aromatic heterocycles. The molecule has 1 N–H and O–H groups in total. The maximum Gasteiger partial charge on any atom is 0.416 e. The molecule has 9 nitrogen and oxygen atoms in total. The number of amides is 1. The van der Waals surface area contributed by atoms with E-state index in [4.69, 9.17) is 9.47 Å². The third kappa shape index (κ3) is 7.06. The van der Waals surface area contributed by atoms with Crippen molar-refractivity contribution in [3.63, 3.8) is 0 Å². The lowest BCUT2D eigenvalue weighted by molar-refractivity contribution is -0.384. The van der Waals surface area contributed by atoms with Crippen LogP contribution in [0.2, 0.25) is 0 Å². The van der Waals surface area contributed by atoms with Crippen LogP contribution >= 0.6 is 0 Å². The van der Waals surface area contributed by atoms with Crippen LogP contribution in [0.3, 0.4) is 0 Å². The lowest BCUT2D eigenvalue weighted by Crippen LogP contribution is -2.14. The number of nitro groups is 1. The van der Waals surface area contributed by atoms with E-state index in [0.717, 1.165) is 41.1 Å². The highest BCUT2D eigenvalue weighted by atomic mass is 19.4. The van der Waals surface area contributed by atoms with Gasteiger partial charge in [0.05, 0.1) is 27.8 Å². The largest absolute Gasteiger partial charge is 0.471 e. The third-order valence-electron chi connectivity index (χ3n) is 5.16. The molecule has 0 aliphatic rings. The van der Waals surface area contributed by atoms with Gasteiger partial charge in [-0.3, -0.25) is 14.9 Å². The third-order valence-corrected chi connectivity index (χ3v) is 5.16. The minimum Gasteiger partial charge on any atom is -0.471 e. The maximum absolute atomic E-state index is 13.0. The number of hydrogen-bond donors (Lipinski definition) is 1. The Balaban J connectivity index is 1.46. The Hall–Kier alpha value is -5.08. The van der Waals surface area contributed by atoms with Gasteiger partial charge in [0.15, 0.2) is 12.4 Å². The molecule has 1 heterocycles. The fourth-order valence-electron chi connectivity index (χ4n) is 3.34. The Morgan fingerprint density at radius 1 is 0.875 bits per heavy atom. The number of ether oxygens (including phenoxy) is 2. The minimum atomic E-state index is -4.64. The Kier molecular flexibility index (Phi) is 7.65. The first-order chi connectivity index (χ1) is 18.8. The van der Waals surface area contributed by atoms with Crippen molar-refractivity contribution in [1.29, 1.82) is 0 Å². The van der Waals surface area contributed by atoms with Crippen molar-refractivity contribution >= 4 is 17.3 Å². The number of alkyl halides is 6. The number of benzene rings is 3. The van der Waals surface area contributed by atoms with Gasteiger partial charge in [0.25, 0.3) is 11.6 Å². The zero-order valence-electron chi connectivity index (χ0n) is 19.9.